The highest BCUT2D eigenvalue weighted by molar-refractivity contribution is 5.75. The molecule has 5 rings (SSSR count). The Bertz CT molecular complexity index is 709. The van der Waals surface area contributed by atoms with Gasteiger partial charge in [0, 0.05) is 0 Å². The Labute approximate surface area is 162 Å². The third kappa shape index (κ3) is 2.40. The standard InChI is InChI=1S/C23H34O4/c1-13(2)15-11-23-9-6-17-21(3,7-5-8-22(17,4)20(26)27)18(23)10-14(15)16(12-23)19(24)25/h11,13-14,16-18H,5-10,12H2,1-4H3,(H,24,25)(H,26,27). The second kappa shape index (κ2) is 5.84. The molecule has 0 aromatic carbocycles. The maximum atomic E-state index is 12.2. The molecule has 0 radical (unpaired) electrons. The predicted octanol–water partition coefficient (Wildman–Crippen LogP) is 4.99. The Kier molecular flexibility index (Phi) is 4.11. The van der Waals surface area contributed by atoms with Crippen molar-refractivity contribution in [3.8, 4) is 0 Å². The zero-order valence-electron chi connectivity index (χ0n) is 17.1. The predicted molar refractivity (Wildman–Crippen MR) is 103 cm³/mol. The van der Waals surface area contributed by atoms with Crippen molar-refractivity contribution in [2.24, 2.45) is 45.8 Å². The molecule has 0 heterocycles. The zero-order valence-corrected chi connectivity index (χ0v) is 17.1. The van der Waals surface area contributed by atoms with Crippen LogP contribution in [0.25, 0.3) is 0 Å². The molecule has 2 bridgehead atoms. The third-order valence-electron chi connectivity index (χ3n) is 9.30. The fourth-order valence-electron chi connectivity index (χ4n) is 8.09. The van der Waals surface area contributed by atoms with Gasteiger partial charge in [-0.2, -0.15) is 0 Å². The first kappa shape index (κ1) is 19.0. The summed E-state index contributed by atoms with van der Waals surface area (Å²) >= 11 is 0. The van der Waals surface area contributed by atoms with E-state index in [2.05, 4.69) is 26.8 Å². The number of carboxylic acids is 2. The van der Waals surface area contributed by atoms with E-state index >= 15 is 0 Å². The van der Waals surface area contributed by atoms with Crippen molar-refractivity contribution < 1.29 is 19.8 Å². The Morgan fingerprint density at radius 2 is 1.81 bits per heavy atom. The van der Waals surface area contributed by atoms with Crippen LogP contribution in [0.1, 0.15) is 72.6 Å². The fourth-order valence-corrected chi connectivity index (χ4v) is 8.09. The fraction of sp³-hybridized carbons (Fsp3) is 0.826. The second-order valence-corrected chi connectivity index (χ2v) is 10.7. The number of hydrogen-bond donors (Lipinski definition) is 2. The molecule has 1 spiro atoms. The topological polar surface area (TPSA) is 74.6 Å². The van der Waals surface area contributed by atoms with Crippen molar-refractivity contribution in [1.82, 2.24) is 0 Å². The van der Waals surface area contributed by atoms with Gasteiger partial charge in [-0.25, -0.2) is 0 Å². The Balaban J connectivity index is 1.79. The zero-order chi connectivity index (χ0) is 19.8. The highest BCUT2D eigenvalue weighted by Gasteiger charge is 2.66. The van der Waals surface area contributed by atoms with Crippen LogP contribution in [-0.4, -0.2) is 22.2 Å². The normalized spacial score (nSPS) is 48.6. The van der Waals surface area contributed by atoms with Gasteiger partial charge in [0.2, 0.25) is 0 Å². The highest BCUT2D eigenvalue weighted by Crippen LogP contribution is 2.71. The Hall–Kier alpha value is -1.32. The number of allylic oxidation sites excluding steroid dienone is 2. The third-order valence-corrected chi connectivity index (χ3v) is 9.30. The summed E-state index contributed by atoms with van der Waals surface area (Å²) in [7, 11) is 0. The number of carbonyl (C=O) groups is 2. The molecular weight excluding hydrogens is 340 g/mol. The molecule has 7 atom stereocenters. The van der Waals surface area contributed by atoms with Crippen molar-refractivity contribution in [2.75, 3.05) is 0 Å². The first-order chi connectivity index (χ1) is 12.5. The molecule has 2 N–H and O–H groups in total. The lowest BCUT2D eigenvalue weighted by molar-refractivity contribution is -0.187. The molecule has 0 aromatic heterocycles. The van der Waals surface area contributed by atoms with Gasteiger partial charge in [0.15, 0.2) is 0 Å². The van der Waals surface area contributed by atoms with Crippen LogP contribution in [0.5, 0.6) is 0 Å². The maximum absolute atomic E-state index is 12.2. The molecular formula is C23H34O4. The molecule has 0 aromatic rings. The average Bonchev–Trinajstić information content (AvgIpc) is 2.60. The average molecular weight is 375 g/mol. The summed E-state index contributed by atoms with van der Waals surface area (Å²) in [6, 6.07) is 0. The van der Waals surface area contributed by atoms with Gasteiger partial charge in [-0.05, 0) is 80.0 Å². The molecule has 3 saturated carbocycles. The Morgan fingerprint density at radius 3 is 2.41 bits per heavy atom. The largest absolute Gasteiger partial charge is 0.481 e. The van der Waals surface area contributed by atoms with E-state index in [1.54, 1.807) is 0 Å². The van der Waals surface area contributed by atoms with E-state index in [0.717, 1.165) is 44.9 Å². The van der Waals surface area contributed by atoms with E-state index in [0.29, 0.717) is 11.8 Å². The van der Waals surface area contributed by atoms with Crippen LogP contribution in [0.2, 0.25) is 0 Å². The molecule has 27 heavy (non-hydrogen) atoms. The van der Waals surface area contributed by atoms with Gasteiger partial charge in [-0.3, -0.25) is 9.59 Å². The quantitative estimate of drug-likeness (QED) is 0.683. The maximum Gasteiger partial charge on any atom is 0.309 e. The van der Waals surface area contributed by atoms with Gasteiger partial charge in [0.05, 0.1) is 11.3 Å². The van der Waals surface area contributed by atoms with Gasteiger partial charge in [-0.1, -0.05) is 38.8 Å². The first-order valence-electron chi connectivity index (χ1n) is 10.7. The van der Waals surface area contributed by atoms with Crippen LogP contribution in [0.15, 0.2) is 11.6 Å². The molecule has 7 unspecified atom stereocenters. The lowest BCUT2D eigenvalue weighted by Gasteiger charge is -2.67. The molecule has 150 valence electrons. The van der Waals surface area contributed by atoms with Crippen molar-refractivity contribution >= 4 is 11.9 Å². The molecule has 4 heteroatoms. The highest BCUT2D eigenvalue weighted by atomic mass is 16.4. The van der Waals surface area contributed by atoms with Crippen LogP contribution in [0.3, 0.4) is 0 Å². The number of fused-ring (bicyclic) bond motifs is 2. The van der Waals surface area contributed by atoms with Gasteiger partial charge in [0.1, 0.15) is 0 Å². The summed E-state index contributed by atoms with van der Waals surface area (Å²) < 4.78 is 0. The molecule has 5 aliphatic carbocycles. The van der Waals surface area contributed by atoms with Gasteiger partial charge >= 0.3 is 11.9 Å². The SMILES string of the molecule is CC(C)C1=CC23CCC4C(C)(C(=O)O)CCCC4(C)C2CC1C(C(=O)O)C3. The summed E-state index contributed by atoms with van der Waals surface area (Å²) in [6.45, 7) is 8.67. The number of rotatable bonds is 3. The minimum atomic E-state index is -0.643. The lowest BCUT2D eigenvalue weighted by atomic mass is 9.36. The molecule has 0 saturated heterocycles. The number of hydrogen-bond acceptors (Lipinski definition) is 2. The van der Waals surface area contributed by atoms with Crippen molar-refractivity contribution in [2.45, 2.75) is 72.6 Å². The van der Waals surface area contributed by atoms with Crippen LogP contribution in [-0.2, 0) is 9.59 Å². The van der Waals surface area contributed by atoms with Crippen LogP contribution in [0, 0.1) is 45.8 Å². The van der Waals surface area contributed by atoms with Crippen molar-refractivity contribution in [1.29, 1.82) is 0 Å². The summed E-state index contributed by atoms with van der Waals surface area (Å²) in [5, 5.41) is 19.9. The summed E-state index contributed by atoms with van der Waals surface area (Å²) in [4.78, 5) is 24.2. The van der Waals surface area contributed by atoms with E-state index in [4.69, 9.17) is 0 Å². The van der Waals surface area contributed by atoms with Crippen LogP contribution < -0.4 is 0 Å². The summed E-state index contributed by atoms with van der Waals surface area (Å²) in [5.74, 6) is -0.416. The molecule has 5 aliphatic rings. The van der Waals surface area contributed by atoms with Gasteiger partial charge in [0.25, 0.3) is 0 Å². The van der Waals surface area contributed by atoms with Gasteiger partial charge < -0.3 is 10.2 Å². The smallest absolute Gasteiger partial charge is 0.309 e. The van der Waals surface area contributed by atoms with Crippen LogP contribution in [0.4, 0.5) is 0 Å². The van der Waals surface area contributed by atoms with Crippen molar-refractivity contribution in [3.05, 3.63) is 11.6 Å². The van der Waals surface area contributed by atoms with Crippen molar-refractivity contribution in [3.63, 3.8) is 0 Å². The van der Waals surface area contributed by atoms with E-state index in [-0.39, 0.29) is 28.6 Å². The lowest BCUT2D eigenvalue weighted by Crippen LogP contribution is -2.62. The van der Waals surface area contributed by atoms with E-state index in [1.807, 2.05) is 6.92 Å². The number of carboxylic acid groups (broad SMARTS) is 2. The van der Waals surface area contributed by atoms with E-state index in [9.17, 15) is 19.8 Å². The van der Waals surface area contributed by atoms with Crippen LogP contribution >= 0.6 is 0 Å². The molecule has 0 amide bonds. The minimum Gasteiger partial charge on any atom is -0.481 e. The monoisotopic (exact) mass is 374 g/mol. The van der Waals surface area contributed by atoms with E-state index < -0.39 is 17.4 Å². The summed E-state index contributed by atoms with van der Waals surface area (Å²) in [6.07, 6.45) is 8.85. The Morgan fingerprint density at radius 1 is 1.11 bits per heavy atom. The van der Waals surface area contributed by atoms with Gasteiger partial charge in [-0.15, -0.1) is 0 Å². The molecule has 3 fully saturated rings. The molecule has 0 aliphatic heterocycles. The summed E-state index contributed by atoms with van der Waals surface area (Å²) in [5.41, 5.74) is 0.676. The second-order valence-electron chi connectivity index (χ2n) is 10.7. The molecule has 4 nitrogen and oxygen atoms in total. The first-order valence-corrected chi connectivity index (χ1v) is 10.7. The number of aliphatic carboxylic acids is 2. The van der Waals surface area contributed by atoms with E-state index in [1.165, 1.54) is 5.57 Å². The minimum absolute atomic E-state index is 0.00434.